The highest BCUT2D eigenvalue weighted by Crippen LogP contribution is 2.14. The molecular formula is C17H26N2O3. The molecular weight excluding hydrogens is 280 g/mol. The molecule has 1 aromatic carbocycles. The Morgan fingerprint density at radius 2 is 1.95 bits per heavy atom. The second kappa shape index (κ2) is 8.44. The molecule has 22 heavy (non-hydrogen) atoms. The smallest absolute Gasteiger partial charge is 0.407 e. The van der Waals surface area contributed by atoms with E-state index in [0.29, 0.717) is 13.1 Å². The summed E-state index contributed by atoms with van der Waals surface area (Å²) in [5.41, 5.74) is 1.62. The summed E-state index contributed by atoms with van der Waals surface area (Å²) < 4.78 is 5.15. The summed E-state index contributed by atoms with van der Waals surface area (Å²) in [7, 11) is 1.94. The number of rotatable bonds is 6. The summed E-state index contributed by atoms with van der Waals surface area (Å²) >= 11 is 0. The molecule has 0 unspecified atom stereocenters. The van der Waals surface area contributed by atoms with Crippen LogP contribution in [0.15, 0.2) is 30.3 Å². The van der Waals surface area contributed by atoms with E-state index in [4.69, 9.17) is 9.84 Å². The van der Waals surface area contributed by atoms with Crippen LogP contribution in [0.5, 0.6) is 0 Å². The molecule has 0 atom stereocenters. The van der Waals surface area contributed by atoms with Gasteiger partial charge in [0.2, 0.25) is 0 Å². The number of carbonyl (C=O) groups is 1. The van der Waals surface area contributed by atoms with Crippen LogP contribution in [-0.4, -0.2) is 43.5 Å². The minimum atomic E-state index is -0.482. The van der Waals surface area contributed by atoms with Gasteiger partial charge in [0.15, 0.2) is 0 Å². The predicted molar refractivity (Wildman–Crippen MR) is 90.1 cm³/mol. The van der Waals surface area contributed by atoms with Gasteiger partial charge < -0.3 is 20.1 Å². The van der Waals surface area contributed by atoms with Crippen molar-refractivity contribution in [3.63, 3.8) is 0 Å². The number of aliphatic hydroxyl groups excluding tert-OH is 1. The Morgan fingerprint density at radius 3 is 2.50 bits per heavy atom. The van der Waals surface area contributed by atoms with E-state index in [1.807, 2.05) is 69.1 Å². The van der Waals surface area contributed by atoms with Gasteiger partial charge in [0, 0.05) is 25.8 Å². The molecule has 0 heterocycles. The molecule has 5 heteroatoms. The minimum absolute atomic E-state index is 0.133. The Hall–Kier alpha value is -2.01. The molecule has 0 aromatic heterocycles. The van der Waals surface area contributed by atoms with Crippen LogP contribution in [0.2, 0.25) is 0 Å². The van der Waals surface area contributed by atoms with Gasteiger partial charge in [0.1, 0.15) is 5.60 Å². The van der Waals surface area contributed by atoms with E-state index < -0.39 is 11.7 Å². The molecule has 0 bridgehead atoms. The lowest BCUT2D eigenvalue weighted by atomic mass is 10.2. The summed E-state index contributed by atoms with van der Waals surface area (Å²) in [6, 6.07) is 7.98. The standard InChI is InChI=1S/C17H26N2O3/c1-17(2,3)22-16(21)18-11-5-6-14-7-9-15(10-8-14)19(4)12-13-20/h5-10,20H,11-13H2,1-4H3,(H,18,21). The fourth-order valence-corrected chi connectivity index (χ4v) is 1.77. The van der Waals surface area contributed by atoms with E-state index in [1.54, 1.807) is 0 Å². The van der Waals surface area contributed by atoms with Gasteiger partial charge in [-0.2, -0.15) is 0 Å². The van der Waals surface area contributed by atoms with Crippen molar-refractivity contribution in [3.05, 3.63) is 35.9 Å². The third kappa shape index (κ3) is 7.13. The molecule has 1 aromatic rings. The average molecular weight is 306 g/mol. The largest absolute Gasteiger partial charge is 0.444 e. The van der Waals surface area contributed by atoms with Crippen molar-refractivity contribution in [1.29, 1.82) is 0 Å². The van der Waals surface area contributed by atoms with Crippen molar-refractivity contribution in [2.75, 3.05) is 31.6 Å². The van der Waals surface area contributed by atoms with E-state index in [1.165, 1.54) is 0 Å². The van der Waals surface area contributed by atoms with Crippen LogP contribution in [0, 0.1) is 0 Å². The number of benzene rings is 1. The van der Waals surface area contributed by atoms with Crippen LogP contribution in [0.25, 0.3) is 6.08 Å². The summed E-state index contributed by atoms with van der Waals surface area (Å²) in [5.74, 6) is 0. The highest BCUT2D eigenvalue weighted by molar-refractivity contribution is 5.68. The van der Waals surface area contributed by atoms with E-state index in [9.17, 15) is 4.79 Å². The molecule has 2 N–H and O–H groups in total. The number of carbonyl (C=O) groups excluding carboxylic acids is 1. The number of nitrogens with one attached hydrogen (secondary N) is 1. The summed E-state index contributed by atoms with van der Waals surface area (Å²) in [6.07, 6.45) is 3.39. The molecule has 0 saturated heterocycles. The maximum Gasteiger partial charge on any atom is 0.407 e. The Bertz CT molecular complexity index is 490. The highest BCUT2D eigenvalue weighted by atomic mass is 16.6. The Labute approximate surface area is 132 Å². The van der Waals surface area contributed by atoms with Crippen molar-refractivity contribution in [2.45, 2.75) is 26.4 Å². The third-order valence-corrected chi connectivity index (χ3v) is 2.84. The third-order valence-electron chi connectivity index (χ3n) is 2.84. The van der Waals surface area contributed by atoms with Gasteiger partial charge >= 0.3 is 6.09 Å². The average Bonchev–Trinajstić information content (AvgIpc) is 2.42. The number of alkyl carbamates (subject to hydrolysis) is 1. The number of ether oxygens (including phenoxy) is 1. The molecule has 0 fully saturated rings. The van der Waals surface area contributed by atoms with E-state index >= 15 is 0 Å². The maximum absolute atomic E-state index is 11.5. The Balaban J connectivity index is 2.42. The first kappa shape index (κ1) is 18.0. The van der Waals surface area contributed by atoms with Crippen molar-refractivity contribution in [2.24, 2.45) is 0 Å². The second-order valence-electron chi connectivity index (χ2n) is 6.02. The van der Waals surface area contributed by atoms with Gasteiger partial charge in [-0.05, 0) is 38.5 Å². The van der Waals surface area contributed by atoms with Crippen LogP contribution in [-0.2, 0) is 4.74 Å². The van der Waals surface area contributed by atoms with Crippen LogP contribution >= 0.6 is 0 Å². The Kier molecular flexibility index (Phi) is 6.92. The molecule has 0 aliphatic heterocycles. The molecule has 0 spiro atoms. The van der Waals surface area contributed by atoms with Crippen molar-refractivity contribution in [1.82, 2.24) is 5.32 Å². The number of anilines is 1. The molecule has 5 nitrogen and oxygen atoms in total. The molecule has 1 amide bonds. The lowest BCUT2D eigenvalue weighted by Gasteiger charge is -2.19. The Morgan fingerprint density at radius 1 is 1.32 bits per heavy atom. The second-order valence-corrected chi connectivity index (χ2v) is 6.02. The summed E-state index contributed by atoms with van der Waals surface area (Å²) in [4.78, 5) is 13.4. The zero-order valence-electron chi connectivity index (χ0n) is 13.8. The van der Waals surface area contributed by atoms with E-state index in [0.717, 1.165) is 11.3 Å². The topological polar surface area (TPSA) is 61.8 Å². The van der Waals surface area contributed by atoms with Gasteiger partial charge in [-0.15, -0.1) is 0 Å². The maximum atomic E-state index is 11.5. The number of hydrogen-bond donors (Lipinski definition) is 2. The van der Waals surface area contributed by atoms with Crippen molar-refractivity contribution in [3.8, 4) is 0 Å². The number of nitrogens with zero attached hydrogens (tertiary/aromatic N) is 1. The first-order valence-corrected chi connectivity index (χ1v) is 7.37. The van der Waals surface area contributed by atoms with Gasteiger partial charge in [-0.3, -0.25) is 0 Å². The van der Waals surface area contributed by atoms with Crippen LogP contribution in [0.4, 0.5) is 10.5 Å². The van der Waals surface area contributed by atoms with Gasteiger partial charge in [0.05, 0.1) is 6.61 Å². The van der Waals surface area contributed by atoms with Crippen LogP contribution < -0.4 is 10.2 Å². The predicted octanol–water partition coefficient (Wildman–Crippen LogP) is 2.65. The van der Waals surface area contributed by atoms with Gasteiger partial charge in [-0.25, -0.2) is 4.79 Å². The zero-order valence-corrected chi connectivity index (χ0v) is 13.8. The monoisotopic (exact) mass is 306 g/mol. The first-order chi connectivity index (χ1) is 10.3. The van der Waals surface area contributed by atoms with Crippen molar-refractivity contribution >= 4 is 17.9 Å². The molecule has 0 saturated carbocycles. The number of likely N-dealkylation sites (N-methyl/N-ethyl adjacent to an activating group) is 1. The molecule has 0 aliphatic carbocycles. The fourth-order valence-electron chi connectivity index (χ4n) is 1.77. The van der Waals surface area contributed by atoms with Crippen molar-refractivity contribution < 1.29 is 14.6 Å². The lowest BCUT2D eigenvalue weighted by Crippen LogP contribution is -2.32. The minimum Gasteiger partial charge on any atom is -0.444 e. The van der Waals surface area contributed by atoms with Gasteiger partial charge in [0.25, 0.3) is 0 Å². The molecule has 122 valence electrons. The zero-order chi connectivity index (χ0) is 16.6. The molecule has 1 rings (SSSR count). The fraction of sp³-hybridized carbons (Fsp3) is 0.471. The van der Waals surface area contributed by atoms with Crippen LogP contribution in [0.3, 0.4) is 0 Å². The summed E-state index contributed by atoms with van der Waals surface area (Å²) in [6.45, 7) is 6.65. The normalized spacial score (nSPS) is 11.5. The van der Waals surface area contributed by atoms with E-state index in [2.05, 4.69) is 5.32 Å². The number of amides is 1. The molecule has 0 aliphatic rings. The first-order valence-electron chi connectivity index (χ1n) is 7.37. The summed E-state index contributed by atoms with van der Waals surface area (Å²) in [5, 5.41) is 11.6. The number of aliphatic hydroxyl groups is 1. The SMILES string of the molecule is CN(CCO)c1ccc(C=CCNC(=O)OC(C)(C)C)cc1. The van der Waals surface area contributed by atoms with E-state index in [-0.39, 0.29) is 6.61 Å². The lowest BCUT2D eigenvalue weighted by molar-refractivity contribution is 0.0534. The quantitative estimate of drug-likeness (QED) is 0.848. The highest BCUT2D eigenvalue weighted by Gasteiger charge is 2.14. The van der Waals surface area contributed by atoms with Crippen LogP contribution in [0.1, 0.15) is 26.3 Å². The number of hydrogen-bond acceptors (Lipinski definition) is 4. The molecule has 0 radical (unpaired) electrons. The van der Waals surface area contributed by atoms with Gasteiger partial charge in [-0.1, -0.05) is 24.3 Å².